The zero-order valence-electron chi connectivity index (χ0n) is 13.6. The van der Waals surface area contributed by atoms with E-state index < -0.39 is 12.0 Å². The fourth-order valence-corrected chi connectivity index (χ4v) is 2.35. The molecule has 1 heterocycles. The summed E-state index contributed by atoms with van der Waals surface area (Å²) in [4.78, 5) is 27.4. The molecule has 26 heavy (non-hydrogen) atoms. The average molecular weight is 348 g/mol. The molecule has 0 saturated heterocycles. The molecular formula is C19H16N4O3. The van der Waals surface area contributed by atoms with Crippen LogP contribution in [0, 0.1) is 0 Å². The first kappa shape index (κ1) is 17.0. The summed E-state index contributed by atoms with van der Waals surface area (Å²) in [5.74, 6) is -0.125. The number of nitrogen functional groups attached to an aromatic ring is 1. The van der Waals surface area contributed by atoms with Gasteiger partial charge in [-0.15, -0.1) is 0 Å². The van der Waals surface area contributed by atoms with Crippen molar-refractivity contribution in [3.05, 3.63) is 72.3 Å². The van der Waals surface area contributed by atoms with E-state index in [4.69, 9.17) is 10.8 Å². The van der Waals surface area contributed by atoms with E-state index in [1.165, 1.54) is 24.3 Å². The van der Waals surface area contributed by atoms with Gasteiger partial charge in [-0.2, -0.15) is 0 Å². The Morgan fingerprint density at radius 3 is 2.23 bits per heavy atom. The van der Waals surface area contributed by atoms with Crippen LogP contribution in [0.25, 0.3) is 11.3 Å². The molecule has 2 amide bonds. The molecule has 0 radical (unpaired) electrons. The third kappa shape index (κ3) is 3.96. The van der Waals surface area contributed by atoms with Gasteiger partial charge in [-0.25, -0.2) is 9.78 Å². The molecule has 3 aromatic rings. The van der Waals surface area contributed by atoms with E-state index in [-0.39, 0.29) is 5.82 Å². The van der Waals surface area contributed by atoms with Crippen molar-refractivity contribution in [1.29, 1.82) is 0 Å². The van der Waals surface area contributed by atoms with Crippen LogP contribution in [0.1, 0.15) is 10.4 Å². The van der Waals surface area contributed by atoms with Gasteiger partial charge in [0.25, 0.3) is 5.91 Å². The maximum atomic E-state index is 12.4. The van der Waals surface area contributed by atoms with Gasteiger partial charge in [0.05, 0.1) is 11.4 Å². The lowest BCUT2D eigenvalue weighted by molar-refractivity contribution is 0.102. The molecule has 0 aliphatic heterocycles. The van der Waals surface area contributed by atoms with Crippen molar-refractivity contribution in [3.63, 3.8) is 0 Å². The van der Waals surface area contributed by atoms with E-state index in [1.807, 2.05) is 30.3 Å². The summed E-state index contributed by atoms with van der Waals surface area (Å²) in [6.45, 7) is 0. The number of carbonyl (C=O) groups is 2. The molecule has 0 atom stereocenters. The number of amides is 2. The maximum absolute atomic E-state index is 12.4. The number of nitrogens with two attached hydrogens (primary N) is 1. The van der Waals surface area contributed by atoms with Gasteiger partial charge in [0, 0.05) is 16.8 Å². The lowest BCUT2D eigenvalue weighted by Crippen LogP contribution is -2.15. The molecule has 0 unspecified atom stereocenters. The van der Waals surface area contributed by atoms with Crippen molar-refractivity contribution in [2.24, 2.45) is 0 Å². The highest BCUT2D eigenvalue weighted by Crippen LogP contribution is 2.23. The Morgan fingerprint density at radius 1 is 0.885 bits per heavy atom. The molecule has 1 aromatic heterocycles. The van der Waals surface area contributed by atoms with Crippen LogP contribution >= 0.6 is 0 Å². The monoisotopic (exact) mass is 348 g/mol. The Hall–Kier alpha value is -3.87. The number of hydrogen-bond donors (Lipinski definition) is 4. The summed E-state index contributed by atoms with van der Waals surface area (Å²) in [6, 6.07) is 19.0. The summed E-state index contributed by atoms with van der Waals surface area (Å²) < 4.78 is 0. The molecule has 7 nitrogen and oxygen atoms in total. The first-order valence-corrected chi connectivity index (χ1v) is 7.76. The van der Waals surface area contributed by atoms with Crippen molar-refractivity contribution in [1.82, 2.24) is 4.98 Å². The molecule has 130 valence electrons. The zero-order chi connectivity index (χ0) is 18.5. The average Bonchev–Trinajstić information content (AvgIpc) is 2.64. The molecule has 0 spiro atoms. The van der Waals surface area contributed by atoms with Crippen LogP contribution in [-0.4, -0.2) is 22.1 Å². The Labute approximate surface area is 149 Å². The zero-order valence-corrected chi connectivity index (χ0v) is 13.6. The Morgan fingerprint density at radius 2 is 1.58 bits per heavy atom. The van der Waals surface area contributed by atoms with Crippen molar-refractivity contribution in [3.8, 4) is 11.3 Å². The number of benzene rings is 2. The Bertz CT molecular complexity index is 941. The first-order valence-electron chi connectivity index (χ1n) is 7.76. The van der Waals surface area contributed by atoms with E-state index in [2.05, 4.69) is 15.6 Å². The Balaban J connectivity index is 1.79. The highest BCUT2D eigenvalue weighted by molar-refractivity contribution is 6.05. The van der Waals surface area contributed by atoms with Crippen LogP contribution in [-0.2, 0) is 0 Å². The summed E-state index contributed by atoms with van der Waals surface area (Å²) in [6.07, 6.45) is -1.17. The SMILES string of the molecule is Nc1ccc(-c2ccccc2)nc1NC(=O)c1ccc(NC(=O)O)cc1. The number of anilines is 3. The van der Waals surface area contributed by atoms with Gasteiger partial charge in [-0.3, -0.25) is 10.1 Å². The van der Waals surface area contributed by atoms with Crippen LogP contribution < -0.4 is 16.4 Å². The number of carbonyl (C=O) groups excluding carboxylic acids is 1. The molecule has 0 bridgehead atoms. The van der Waals surface area contributed by atoms with Gasteiger partial charge in [-0.1, -0.05) is 30.3 Å². The molecular weight excluding hydrogens is 332 g/mol. The summed E-state index contributed by atoms with van der Waals surface area (Å²) >= 11 is 0. The number of pyridine rings is 1. The number of carboxylic acid groups (broad SMARTS) is 1. The molecule has 0 fully saturated rings. The lowest BCUT2D eigenvalue weighted by Gasteiger charge is -2.10. The van der Waals surface area contributed by atoms with Crippen LogP contribution in [0.2, 0.25) is 0 Å². The molecule has 2 aromatic carbocycles. The molecule has 0 saturated carbocycles. The summed E-state index contributed by atoms with van der Waals surface area (Å²) in [7, 11) is 0. The first-order chi connectivity index (χ1) is 12.5. The van der Waals surface area contributed by atoms with Gasteiger partial charge in [0.1, 0.15) is 0 Å². The maximum Gasteiger partial charge on any atom is 0.409 e. The third-order valence-electron chi connectivity index (χ3n) is 3.63. The van der Waals surface area contributed by atoms with E-state index >= 15 is 0 Å². The molecule has 3 rings (SSSR count). The van der Waals surface area contributed by atoms with Gasteiger partial charge >= 0.3 is 6.09 Å². The highest BCUT2D eigenvalue weighted by atomic mass is 16.4. The topological polar surface area (TPSA) is 117 Å². The summed E-state index contributed by atoms with van der Waals surface area (Å²) in [5.41, 5.74) is 8.60. The van der Waals surface area contributed by atoms with E-state index in [9.17, 15) is 9.59 Å². The molecule has 5 N–H and O–H groups in total. The minimum absolute atomic E-state index is 0.268. The van der Waals surface area contributed by atoms with Crippen LogP contribution in [0.5, 0.6) is 0 Å². The van der Waals surface area contributed by atoms with Crippen LogP contribution in [0.15, 0.2) is 66.7 Å². The smallest absolute Gasteiger partial charge is 0.409 e. The van der Waals surface area contributed by atoms with E-state index in [0.717, 1.165) is 5.56 Å². The number of rotatable bonds is 4. The highest BCUT2D eigenvalue weighted by Gasteiger charge is 2.11. The number of aromatic nitrogens is 1. The second kappa shape index (κ2) is 7.35. The van der Waals surface area contributed by atoms with Crippen molar-refractivity contribution in [2.75, 3.05) is 16.4 Å². The quantitative estimate of drug-likeness (QED) is 0.574. The lowest BCUT2D eigenvalue weighted by atomic mass is 10.1. The number of nitrogens with one attached hydrogen (secondary N) is 2. The fraction of sp³-hybridized carbons (Fsp3) is 0. The van der Waals surface area contributed by atoms with Crippen LogP contribution in [0.4, 0.5) is 22.0 Å². The van der Waals surface area contributed by atoms with Crippen LogP contribution in [0.3, 0.4) is 0 Å². The van der Waals surface area contributed by atoms with Gasteiger partial charge < -0.3 is 16.2 Å². The van der Waals surface area contributed by atoms with E-state index in [0.29, 0.717) is 22.6 Å². The molecule has 0 aliphatic rings. The predicted octanol–water partition coefficient (Wildman–Crippen LogP) is 3.67. The second-order valence-corrected chi connectivity index (χ2v) is 5.46. The number of nitrogens with zero attached hydrogens (tertiary/aromatic N) is 1. The van der Waals surface area contributed by atoms with Gasteiger partial charge in [-0.05, 0) is 36.4 Å². The van der Waals surface area contributed by atoms with Gasteiger partial charge in [0.2, 0.25) is 0 Å². The largest absolute Gasteiger partial charge is 0.465 e. The number of hydrogen-bond acceptors (Lipinski definition) is 4. The normalized spacial score (nSPS) is 10.2. The van der Waals surface area contributed by atoms with Crippen molar-refractivity contribution < 1.29 is 14.7 Å². The second-order valence-electron chi connectivity index (χ2n) is 5.46. The predicted molar refractivity (Wildman–Crippen MR) is 100 cm³/mol. The van der Waals surface area contributed by atoms with Crippen molar-refractivity contribution in [2.45, 2.75) is 0 Å². The summed E-state index contributed by atoms with van der Waals surface area (Å²) in [5, 5.41) is 13.6. The molecule has 0 aliphatic carbocycles. The standard InChI is InChI=1S/C19H16N4O3/c20-15-10-11-16(12-4-2-1-3-5-12)22-17(15)23-18(24)13-6-8-14(9-7-13)21-19(25)26/h1-11,21H,20H2,(H,25,26)(H,22,23,24). The minimum Gasteiger partial charge on any atom is -0.465 e. The fourth-order valence-electron chi connectivity index (χ4n) is 2.35. The van der Waals surface area contributed by atoms with E-state index in [1.54, 1.807) is 12.1 Å². The minimum atomic E-state index is -1.17. The van der Waals surface area contributed by atoms with Gasteiger partial charge in [0.15, 0.2) is 5.82 Å². The third-order valence-corrected chi connectivity index (χ3v) is 3.63. The Kier molecular flexibility index (Phi) is 4.80. The molecule has 7 heteroatoms. The van der Waals surface area contributed by atoms with Crippen molar-refractivity contribution >= 4 is 29.2 Å².